The van der Waals surface area contributed by atoms with Gasteiger partial charge in [-0.2, -0.15) is 5.10 Å². The van der Waals surface area contributed by atoms with E-state index in [1.54, 1.807) is 0 Å². The molecule has 0 radical (unpaired) electrons. The van der Waals surface area contributed by atoms with Gasteiger partial charge in [-0.05, 0) is 68.2 Å². The van der Waals surface area contributed by atoms with Crippen molar-refractivity contribution in [1.82, 2.24) is 25.1 Å². The molecule has 1 N–H and O–H groups in total. The molecule has 0 saturated carbocycles. The van der Waals surface area contributed by atoms with Crippen LogP contribution in [0.4, 0.5) is 0 Å². The second-order valence-electron chi connectivity index (χ2n) is 7.95. The van der Waals surface area contributed by atoms with E-state index in [-0.39, 0.29) is 0 Å². The minimum absolute atomic E-state index is 0.519. The van der Waals surface area contributed by atoms with Crippen molar-refractivity contribution in [3.05, 3.63) is 78.0 Å². The average Bonchev–Trinajstić information content (AvgIpc) is 3.29. The Bertz CT molecular complexity index is 1110. The molecule has 3 aromatic heterocycles. The van der Waals surface area contributed by atoms with Crippen molar-refractivity contribution in [2.24, 2.45) is 0 Å². The standard InChI is InChI=1S/C24H25N5/c1-17-12-20(21-14-26-27-15-21)13-24(28-17)18-7-10-29(11-8-18)16-19-6-9-25-23-5-3-2-4-22(19)23/h2-6,9,12-15,18H,7-8,10-11,16H2,1H3,(H,26,27). The number of benzene rings is 1. The molecule has 1 saturated heterocycles. The van der Waals surface area contributed by atoms with Gasteiger partial charge in [0, 0.05) is 47.2 Å². The Morgan fingerprint density at radius 2 is 1.93 bits per heavy atom. The first-order chi connectivity index (χ1) is 14.3. The molecule has 0 spiro atoms. The third-order valence-electron chi connectivity index (χ3n) is 5.94. The lowest BCUT2D eigenvalue weighted by atomic mass is 9.91. The summed E-state index contributed by atoms with van der Waals surface area (Å²) in [6.07, 6.45) is 8.04. The zero-order valence-electron chi connectivity index (χ0n) is 16.7. The number of para-hydroxylation sites is 1. The van der Waals surface area contributed by atoms with Crippen LogP contribution in [-0.4, -0.2) is 38.2 Å². The summed E-state index contributed by atoms with van der Waals surface area (Å²) in [6.45, 7) is 5.25. The van der Waals surface area contributed by atoms with E-state index in [4.69, 9.17) is 4.98 Å². The van der Waals surface area contributed by atoms with Crippen molar-refractivity contribution >= 4 is 10.9 Å². The number of nitrogens with zero attached hydrogens (tertiary/aromatic N) is 4. The Morgan fingerprint density at radius 1 is 1.07 bits per heavy atom. The number of fused-ring (bicyclic) bond motifs is 1. The molecule has 0 atom stereocenters. The molecule has 1 aromatic carbocycles. The van der Waals surface area contributed by atoms with E-state index in [0.29, 0.717) is 5.92 Å². The number of rotatable bonds is 4. The van der Waals surface area contributed by atoms with Crippen LogP contribution < -0.4 is 0 Å². The summed E-state index contributed by atoms with van der Waals surface area (Å²) in [4.78, 5) is 11.9. The third kappa shape index (κ3) is 3.78. The summed E-state index contributed by atoms with van der Waals surface area (Å²) >= 11 is 0. The highest BCUT2D eigenvalue weighted by atomic mass is 15.1. The maximum atomic E-state index is 4.86. The van der Waals surface area contributed by atoms with Gasteiger partial charge in [0.15, 0.2) is 0 Å². The molecule has 1 aliphatic heterocycles. The third-order valence-corrected chi connectivity index (χ3v) is 5.94. The number of likely N-dealkylation sites (tertiary alicyclic amines) is 1. The Kier molecular flexibility index (Phi) is 4.82. The monoisotopic (exact) mass is 383 g/mol. The topological polar surface area (TPSA) is 57.7 Å². The maximum absolute atomic E-state index is 4.86. The Hall–Kier alpha value is -3.05. The lowest BCUT2D eigenvalue weighted by molar-refractivity contribution is 0.204. The van der Waals surface area contributed by atoms with Crippen LogP contribution in [-0.2, 0) is 6.54 Å². The van der Waals surface area contributed by atoms with Crippen molar-refractivity contribution < 1.29 is 0 Å². The van der Waals surface area contributed by atoms with Crippen molar-refractivity contribution in [3.8, 4) is 11.1 Å². The highest BCUT2D eigenvalue weighted by Gasteiger charge is 2.23. The van der Waals surface area contributed by atoms with Gasteiger partial charge < -0.3 is 0 Å². The first kappa shape index (κ1) is 18.0. The van der Waals surface area contributed by atoms with Crippen molar-refractivity contribution in [1.29, 1.82) is 0 Å². The fourth-order valence-corrected chi connectivity index (χ4v) is 4.40. The Labute approximate surface area is 170 Å². The molecule has 0 bridgehead atoms. The van der Waals surface area contributed by atoms with Gasteiger partial charge in [-0.25, -0.2) is 0 Å². The van der Waals surface area contributed by atoms with Gasteiger partial charge in [0.2, 0.25) is 0 Å². The largest absolute Gasteiger partial charge is 0.299 e. The van der Waals surface area contributed by atoms with Crippen LogP contribution in [0.1, 0.15) is 35.7 Å². The van der Waals surface area contributed by atoms with Crippen LogP contribution in [0.3, 0.4) is 0 Å². The molecule has 146 valence electrons. The quantitative estimate of drug-likeness (QED) is 0.555. The molecule has 0 amide bonds. The summed E-state index contributed by atoms with van der Waals surface area (Å²) in [7, 11) is 0. The fourth-order valence-electron chi connectivity index (χ4n) is 4.40. The van der Waals surface area contributed by atoms with Crippen molar-refractivity contribution in [3.63, 3.8) is 0 Å². The number of pyridine rings is 2. The van der Waals surface area contributed by atoms with E-state index >= 15 is 0 Å². The Morgan fingerprint density at radius 3 is 2.76 bits per heavy atom. The number of nitrogens with one attached hydrogen (secondary N) is 1. The van der Waals surface area contributed by atoms with Crippen molar-refractivity contribution in [2.75, 3.05) is 13.1 Å². The van der Waals surface area contributed by atoms with E-state index in [0.717, 1.165) is 49.2 Å². The van der Waals surface area contributed by atoms with E-state index in [2.05, 4.69) is 69.5 Å². The highest BCUT2D eigenvalue weighted by molar-refractivity contribution is 5.81. The second kappa shape index (κ2) is 7.76. The van der Waals surface area contributed by atoms with Gasteiger partial charge in [-0.1, -0.05) is 18.2 Å². The van der Waals surface area contributed by atoms with Gasteiger partial charge in [0.25, 0.3) is 0 Å². The van der Waals surface area contributed by atoms with Crippen LogP contribution in [0.5, 0.6) is 0 Å². The van der Waals surface area contributed by atoms with E-state index in [1.807, 2.05) is 18.6 Å². The summed E-state index contributed by atoms with van der Waals surface area (Å²) < 4.78 is 0. The van der Waals surface area contributed by atoms with Crippen LogP contribution in [0.25, 0.3) is 22.0 Å². The number of aromatic amines is 1. The Balaban J connectivity index is 1.29. The predicted molar refractivity (Wildman–Crippen MR) is 116 cm³/mol. The number of aryl methyl sites for hydroxylation is 1. The van der Waals surface area contributed by atoms with Gasteiger partial charge >= 0.3 is 0 Å². The number of hydrogen-bond acceptors (Lipinski definition) is 4. The number of H-pyrrole nitrogens is 1. The molecule has 4 heterocycles. The first-order valence-corrected chi connectivity index (χ1v) is 10.3. The van der Waals surface area contributed by atoms with Gasteiger partial charge in [0.05, 0.1) is 11.7 Å². The molecule has 0 unspecified atom stereocenters. The average molecular weight is 383 g/mol. The first-order valence-electron chi connectivity index (χ1n) is 10.3. The minimum atomic E-state index is 0.519. The van der Waals surface area contributed by atoms with Crippen LogP contribution in [0.15, 0.2) is 61.1 Å². The molecule has 1 fully saturated rings. The van der Waals surface area contributed by atoms with E-state index in [1.165, 1.54) is 22.2 Å². The molecule has 5 heteroatoms. The van der Waals surface area contributed by atoms with Crippen LogP contribution in [0, 0.1) is 6.92 Å². The summed E-state index contributed by atoms with van der Waals surface area (Å²) in [5.41, 5.74) is 7.06. The highest BCUT2D eigenvalue weighted by Crippen LogP contribution is 2.31. The van der Waals surface area contributed by atoms with Gasteiger partial charge in [0.1, 0.15) is 0 Å². The second-order valence-corrected chi connectivity index (χ2v) is 7.95. The summed E-state index contributed by atoms with van der Waals surface area (Å²) in [5, 5.41) is 8.26. The number of piperidine rings is 1. The number of aromatic nitrogens is 4. The predicted octanol–water partition coefficient (Wildman–Crippen LogP) is 4.71. The van der Waals surface area contributed by atoms with Crippen LogP contribution >= 0.6 is 0 Å². The zero-order chi connectivity index (χ0) is 19.6. The van der Waals surface area contributed by atoms with E-state index < -0.39 is 0 Å². The number of hydrogen-bond donors (Lipinski definition) is 1. The molecule has 1 aliphatic rings. The van der Waals surface area contributed by atoms with Crippen molar-refractivity contribution in [2.45, 2.75) is 32.2 Å². The smallest absolute Gasteiger partial charge is 0.0705 e. The maximum Gasteiger partial charge on any atom is 0.0705 e. The summed E-state index contributed by atoms with van der Waals surface area (Å²) in [6, 6.07) is 15.0. The molecular weight excluding hydrogens is 358 g/mol. The molecule has 4 aromatic rings. The molecule has 29 heavy (non-hydrogen) atoms. The summed E-state index contributed by atoms with van der Waals surface area (Å²) in [5.74, 6) is 0.519. The minimum Gasteiger partial charge on any atom is -0.299 e. The fraction of sp³-hybridized carbons (Fsp3) is 0.292. The molecule has 0 aliphatic carbocycles. The molecular formula is C24H25N5. The normalized spacial score (nSPS) is 15.8. The van der Waals surface area contributed by atoms with Gasteiger partial charge in [-0.15, -0.1) is 0 Å². The van der Waals surface area contributed by atoms with Crippen LogP contribution in [0.2, 0.25) is 0 Å². The lowest BCUT2D eigenvalue weighted by Gasteiger charge is -2.32. The SMILES string of the molecule is Cc1cc(-c2cn[nH]c2)cc(C2CCN(Cc3ccnc4ccccc34)CC2)n1. The molecule has 5 rings (SSSR count). The zero-order valence-corrected chi connectivity index (χ0v) is 16.7. The van der Waals surface area contributed by atoms with E-state index in [9.17, 15) is 0 Å². The lowest BCUT2D eigenvalue weighted by Crippen LogP contribution is -2.32. The van der Waals surface area contributed by atoms with Gasteiger partial charge in [-0.3, -0.25) is 20.0 Å². The molecule has 5 nitrogen and oxygen atoms in total.